The number of hydrogen-bond acceptors (Lipinski definition) is 2. The third-order valence-corrected chi connectivity index (χ3v) is 6.01. The summed E-state index contributed by atoms with van der Waals surface area (Å²) >= 11 is 0. The molecule has 0 radical (unpaired) electrons. The molecule has 0 spiro atoms. The van der Waals surface area contributed by atoms with Crippen LogP contribution in [0, 0.1) is 11.8 Å². The van der Waals surface area contributed by atoms with Gasteiger partial charge in [0.05, 0.1) is 0 Å². The summed E-state index contributed by atoms with van der Waals surface area (Å²) in [5.41, 5.74) is 0. The third-order valence-electron chi connectivity index (χ3n) is 6.01. The molecule has 2 heterocycles. The van der Waals surface area contributed by atoms with E-state index in [2.05, 4.69) is 24.1 Å². The lowest BCUT2D eigenvalue weighted by molar-refractivity contribution is 0.103. The molecule has 2 nitrogen and oxygen atoms in total. The predicted octanol–water partition coefficient (Wildman–Crippen LogP) is 3.81. The van der Waals surface area contributed by atoms with Crippen LogP contribution in [-0.4, -0.2) is 36.1 Å². The third kappa shape index (κ3) is 3.57. The van der Waals surface area contributed by atoms with Crippen LogP contribution in [0.4, 0.5) is 0 Å². The first-order valence-corrected chi connectivity index (χ1v) is 9.24. The molecule has 4 unspecified atom stereocenters. The molecule has 2 bridgehead atoms. The van der Waals surface area contributed by atoms with Gasteiger partial charge in [0.1, 0.15) is 0 Å². The van der Waals surface area contributed by atoms with Crippen molar-refractivity contribution in [3.63, 3.8) is 0 Å². The van der Waals surface area contributed by atoms with Crippen LogP contribution in [0.1, 0.15) is 71.6 Å². The van der Waals surface area contributed by atoms with Gasteiger partial charge in [-0.05, 0) is 63.3 Å². The Morgan fingerprint density at radius 3 is 2.40 bits per heavy atom. The molecule has 0 aromatic carbocycles. The highest BCUT2D eigenvalue weighted by molar-refractivity contribution is 4.96. The molecule has 2 saturated heterocycles. The van der Waals surface area contributed by atoms with Gasteiger partial charge in [-0.15, -0.1) is 0 Å². The summed E-state index contributed by atoms with van der Waals surface area (Å²) in [6.45, 7) is 7.53. The van der Waals surface area contributed by atoms with Gasteiger partial charge in [-0.1, -0.05) is 26.7 Å². The number of piperidine rings is 1. The molecule has 1 saturated carbocycles. The van der Waals surface area contributed by atoms with Crippen molar-refractivity contribution in [2.24, 2.45) is 11.8 Å². The molecule has 4 atom stereocenters. The fraction of sp³-hybridized carbons (Fsp3) is 1.00. The molecular formula is C18H34N2. The van der Waals surface area contributed by atoms with Crippen molar-refractivity contribution in [3.8, 4) is 0 Å². The van der Waals surface area contributed by atoms with E-state index < -0.39 is 0 Å². The van der Waals surface area contributed by atoms with Gasteiger partial charge in [0, 0.05) is 24.7 Å². The standard InChI is InChI=1S/C18H34N2/c1-3-9-20(13-15-6-4-5-14(2)10-15)18-11-16-7-8-17(12-18)19-16/h14-19H,3-13H2,1-2H3. The molecule has 3 aliphatic rings. The molecule has 0 amide bonds. The van der Waals surface area contributed by atoms with Gasteiger partial charge in [0.25, 0.3) is 0 Å². The van der Waals surface area contributed by atoms with E-state index >= 15 is 0 Å². The number of hydrogen-bond donors (Lipinski definition) is 1. The number of nitrogens with zero attached hydrogens (tertiary/aromatic N) is 1. The molecule has 20 heavy (non-hydrogen) atoms. The van der Waals surface area contributed by atoms with Crippen LogP contribution in [0.3, 0.4) is 0 Å². The van der Waals surface area contributed by atoms with Crippen molar-refractivity contribution in [2.75, 3.05) is 13.1 Å². The molecule has 1 aliphatic carbocycles. The van der Waals surface area contributed by atoms with Crippen LogP contribution < -0.4 is 5.32 Å². The topological polar surface area (TPSA) is 15.3 Å². The van der Waals surface area contributed by atoms with E-state index in [1.165, 1.54) is 70.9 Å². The van der Waals surface area contributed by atoms with Crippen LogP contribution in [-0.2, 0) is 0 Å². The summed E-state index contributed by atoms with van der Waals surface area (Å²) in [5, 5.41) is 3.80. The van der Waals surface area contributed by atoms with E-state index in [1.54, 1.807) is 0 Å². The summed E-state index contributed by atoms with van der Waals surface area (Å²) in [4.78, 5) is 2.88. The maximum absolute atomic E-state index is 3.80. The van der Waals surface area contributed by atoms with Gasteiger partial charge >= 0.3 is 0 Å². The first-order chi connectivity index (χ1) is 9.74. The number of rotatable bonds is 5. The van der Waals surface area contributed by atoms with E-state index in [1.807, 2.05) is 0 Å². The largest absolute Gasteiger partial charge is 0.311 e. The Bertz CT molecular complexity index is 292. The fourth-order valence-corrected chi connectivity index (χ4v) is 5.09. The van der Waals surface area contributed by atoms with Crippen molar-refractivity contribution in [1.82, 2.24) is 10.2 Å². The second-order valence-electron chi connectivity index (χ2n) is 7.90. The average Bonchev–Trinajstić information content (AvgIpc) is 2.77. The Hall–Kier alpha value is -0.0800. The summed E-state index contributed by atoms with van der Waals surface area (Å²) in [6, 6.07) is 2.55. The molecule has 3 rings (SSSR count). The molecule has 2 aliphatic heterocycles. The zero-order valence-electron chi connectivity index (χ0n) is 13.6. The van der Waals surface area contributed by atoms with Crippen molar-refractivity contribution in [1.29, 1.82) is 0 Å². The Morgan fingerprint density at radius 1 is 1.00 bits per heavy atom. The highest BCUT2D eigenvalue weighted by Gasteiger charge is 2.36. The van der Waals surface area contributed by atoms with Crippen molar-refractivity contribution in [2.45, 2.75) is 89.8 Å². The van der Waals surface area contributed by atoms with E-state index in [9.17, 15) is 0 Å². The van der Waals surface area contributed by atoms with E-state index in [0.29, 0.717) is 0 Å². The maximum atomic E-state index is 3.80. The minimum Gasteiger partial charge on any atom is -0.311 e. The second-order valence-corrected chi connectivity index (χ2v) is 7.90. The van der Waals surface area contributed by atoms with Crippen molar-refractivity contribution < 1.29 is 0 Å². The summed E-state index contributed by atoms with van der Waals surface area (Å²) in [6.07, 6.45) is 12.9. The Morgan fingerprint density at radius 2 is 1.75 bits per heavy atom. The smallest absolute Gasteiger partial charge is 0.0125 e. The quantitative estimate of drug-likeness (QED) is 0.822. The SMILES string of the molecule is CCCN(CC1CCCC(C)C1)C1CC2CCC(C1)N2. The zero-order chi connectivity index (χ0) is 13.9. The number of fused-ring (bicyclic) bond motifs is 2. The average molecular weight is 278 g/mol. The lowest BCUT2D eigenvalue weighted by atomic mass is 9.81. The minimum atomic E-state index is 0.836. The first-order valence-electron chi connectivity index (χ1n) is 9.24. The summed E-state index contributed by atoms with van der Waals surface area (Å²) in [7, 11) is 0. The van der Waals surface area contributed by atoms with Gasteiger partial charge in [-0.2, -0.15) is 0 Å². The van der Waals surface area contributed by atoms with E-state index in [0.717, 1.165) is 30.0 Å². The molecule has 116 valence electrons. The Kier molecular flexibility index (Phi) is 5.04. The van der Waals surface area contributed by atoms with Gasteiger partial charge < -0.3 is 10.2 Å². The Labute approximate surface area is 125 Å². The highest BCUT2D eigenvalue weighted by atomic mass is 15.2. The molecular weight excluding hydrogens is 244 g/mol. The second kappa shape index (κ2) is 6.79. The maximum Gasteiger partial charge on any atom is 0.0125 e. The lowest BCUT2D eigenvalue weighted by Gasteiger charge is -2.40. The first kappa shape index (κ1) is 14.8. The van der Waals surface area contributed by atoms with Crippen LogP contribution in [0.25, 0.3) is 0 Å². The van der Waals surface area contributed by atoms with Crippen LogP contribution in [0.15, 0.2) is 0 Å². The minimum absolute atomic E-state index is 0.836. The predicted molar refractivity (Wildman–Crippen MR) is 86.0 cm³/mol. The van der Waals surface area contributed by atoms with E-state index in [-0.39, 0.29) is 0 Å². The van der Waals surface area contributed by atoms with Crippen LogP contribution >= 0.6 is 0 Å². The summed E-state index contributed by atoms with van der Waals surface area (Å²) < 4.78 is 0. The number of nitrogens with one attached hydrogen (secondary N) is 1. The molecule has 2 heteroatoms. The lowest BCUT2D eigenvalue weighted by Crippen LogP contribution is -2.49. The highest BCUT2D eigenvalue weighted by Crippen LogP contribution is 2.33. The van der Waals surface area contributed by atoms with Crippen molar-refractivity contribution in [3.05, 3.63) is 0 Å². The van der Waals surface area contributed by atoms with E-state index in [4.69, 9.17) is 0 Å². The fourth-order valence-electron chi connectivity index (χ4n) is 5.09. The van der Waals surface area contributed by atoms with Crippen LogP contribution in [0.2, 0.25) is 0 Å². The molecule has 1 N–H and O–H groups in total. The van der Waals surface area contributed by atoms with Gasteiger partial charge in [0.15, 0.2) is 0 Å². The molecule has 0 aromatic rings. The zero-order valence-corrected chi connectivity index (χ0v) is 13.6. The monoisotopic (exact) mass is 278 g/mol. The van der Waals surface area contributed by atoms with Gasteiger partial charge in [-0.3, -0.25) is 0 Å². The Balaban J connectivity index is 1.57. The van der Waals surface area contributed by atoms with Crippen LogP contribution in [0.5, 0.6) is 0 Å². The van der Waals surface area contributed by atoms with Gasteiger partial charge in [-0.25, -0.2) is 0 Å². The van der Waals surface area contributed by atoms with Crippen molar-refractivity contribution >= 4 is 0 Å². The summed E-state index contributed by atoms with van der Waals surface area (Å²) in [5.74, 6) is 1.96. The van der Waals surface area contributed by atoms with Gasteiger partial charge in [0.2, 0.25) is 0 Å². The normalized spacial score (nSPS) is 41.2. The molecule has 3 fully saturated rings. The molecule has 0 aromatic heterocycles.